The second-order valence-electron chi connectivity index (χ2n) is 8.19. The van der Waals surface area contributed by atoms with Crippen molar-refractivity contribution in [2.75, 3.05) is 25.5 Å². The number of likely N-dealkylation sites (tertiary alicyclic amines) is 1. The lowest BCUT2D eigenvalue weighted by atomic mass is 9.93. The summed E-state index contributed by atoms with van der Waals surface area (Å²) in [5.41, 5.74) is 3.31. The molecular weight excluding hydrogens is 402 g/mol. The molecule has 1 atom stereocenters. The summed E-state index contributed by atoms with van der Waals surface area (Å²) >= 11 is 0. The maximum absolute atomic E-state index is 13.3. The van der Waals surface area contributed by atoms with Gasteiger partial charge in [0.1, 0.15) is 17.2 Å². The lowest BCUT2D eigenvalue weighted by Gasteiger charge is -2.32. The number of furan rings is 1. The lowest BCUT2D eigenvalue weighted by Crippen LogP contribution is -2.39. The van der Waals surface area contributed by atoms with E-state index in [0.29, 0.717) is 17.9 Å². The Morgan fingerprint density at radius 1 is 1.19 bits per heavy atom. The monoisotopic (exact) mass is 427 g/mol. The standard InChI is InChI=1S/C25H25N5O2/c1-16-11-20-12-17(7-8-22(20)32-16)25(31)30-10-4-6-19(15-30)21-13-23(26-2)29-24(28-21)18-5-3-9-27-14-18/h3,5,7-9,11-14,19H,4,6,10,15H2,1-2H3,(H,26,28,29)/t19-/m1/s1. The Kier molecular flexibility index (Phi) is 5.31. The van der Waals surface area contributed by atoms with Crippen LogP contribution in [0.25, 0.3) is 22.4 Å². The van der Waals surface area contributed by atoms with E-state index in [1.807, 2.05) is 61.3 Å². The van der Waals surface area contributed by atoms with Crippen molar-refractivity contribution in [2.45, 2.75) is 25.7 Å². The van der Waals surface area contributed by atoms with Gasteiger partial charge >= 0.3 is 0 Å². The first-order valence-electron chi connectivity index (χ1n) is 10.9. The van der Waals surface area contributed by atoms with Gasteiger partial charge in [-0.25, -0.2) is 9.97 Å². The Labute approximate surface area is 186 Å². The zero-order valence-corrected chi connectivity index (χ0v) is 18.2. The first-order valence-corrected chi connectivity index (χ1v) is 10.9. The van der Waals surface area contributed by atoms with E-state index >= 15 is 0 Å². The van der Waals surface area contributed by atoms with Crippen molar-refractivity contribution >= 4 is 22.7 Å². The molecule has 1 fully saturated rings. The molecule has 3 aromatic heterocycles. The van der Waals surface area contributed by atoms with Crippen LogP contribution in [0.4, 0.5) is 5.82 Å². The number of amides is 1. The zero-order chi connectivity index (χ0) is 22.1. The predicted molar refractivity (Wildman–Crippen MR) is 124 cm³/mol. The van der Waals surface area contributed by atoms with Crippen LogP contribution in [0.1, 0.15) is 40.6 Å². The predicted octanol–water partition coefficient (Wildman–Crippen LogP) is 4.65. The molecule has 32 heavy (non-hydrogen) atoms. The van der Waals surface area contributed by atoms with Gasteiger partial charge in [0.05, 0.1) is 5.69 Å². The van der Waals surface area contributed by atoms with E-state index < -0.39 is 0 Å². The third-order valence-corrected chi connectivity index (χ3v) is 5.94. The molecule has 4 aromatic rings. The maximum Gasteiger partial charge on any atom is 0.253 e. The number of fused-ring (bicyclic) bond motifs is 1. The van der Waals surface area contributed by atoms with Crippen molar-refractivity contribution in [3.63, 3.8) is 0 Å². The molecule has 0 radical (unpaired) electrons. The fourth-order valence-electron chi connectivity index (χ4n) is 4.32. The Morgan fingerprint density at radius 2 is 2.09 bits per heavy atom. The number of piperidine rings is 1. The highest BCUT2D eigenvalue weighted by Gasteiger charge is 2.27. The quantitative estimate of drug-likeness (QED) is 0.510. The number of anilines is 1. The van der Waals surface area contributed by atoms with Crippen molar-refractivity contribution in [2.24, 2.45) is 0 Å². The third kappa shape index (κ3) is 3.93. The van der Waals surface area contributed by atoms with E-state index in [2.05, 4.69) is 15.3 Å². The smallest absolute Gasteiger partial charge is 0.253 e. The molecule has 5 rings (SSSR count). The van der Waals surface area contributed by atoms with Gasteiger partial charge in [-0.05, 0) is 56.2 Å². The molecule has 1 aliphatic rings. The Hall–Kier alpha value is -3.74. The maximum atomic E-state index is 13.3. The molecule has 0 saturated carbocycles. The number of hydrogen-bond acceptors (Lipinski definition) is 6. The summed E-state index contributed by atoms with van der Waals surface area (Å²) in [5, 5.41) is 4.09. The minimum absolute atomic E-state index is 0.0471. The number of benzene rings is 1. The third-order valence-electron chi connectivity index (χ3n) is 5.94. The molecule has 4 heterocycles. The summed E-state index contributed by atoms with van der Waals surface area (Å²) in [4.78, 5) is 28.9. The number of aryl methyl sites for hydroxylation is 1. The van der Waals surface area contributed by atoms with Gasteiger partial charge in [0.15, 0.2) is 5.82 Å². The van der Waals surface area contributed by atoms with E-state index in [-0.39, 0.29) is 11.8 Å². The van der Waals surface area contributed by atoms with Gasteiger partial charge in [-0.15, -0.1) is 0 Å². The normalized spacial score (nSPS) is 16.3. The van der Waals surface area contributed by atoms with Gasteiger partial charge in [-0.3, -0.25) is 9.78 Å². The molecule has 1 saturated heterocycles. The fourth-order valence-corrected chi connectivity index (χ4v) is 4.32. The number of carbonyl (C=O) groups excluding carboxylic acids is 1. The van der Waals surface area contributed by atoms with Crippen LogP contribution in [0.3, 0.4) is 0 Å². The number of carbonyl (C=O) groups is 1. The highest BCUT2D eigenvalue weighted by Crippen LogP contribution is 2.30. The Morgan fingerprint density at radius 3 is 2.91 bits per heavy atom. The average Bonchev–Trinajstić information content (AvgIpc) is 3.23. The zero-order valence-electron chi connectivity index (χ0n) is 18.2. The molecule has 7 nitrogen and oxygen atoms in total. The van der Waals surface area contributed by atoms with Crippen molar-refractivity contribution in [1.82, 2.24) is 19.9 Å². The average molecular weight is 428 g/mol. The van der Waals surface area contributed by atoms with E-state index in [9.17, 15) is 4.79 Å². The van der Waals surface area contributed by atoms with Crippen LogP contribution in [-0.4, -0.2) is 45.9 Å². The van der Waals surface area contributed by atoms with Crippen LogP contribution >= 0.6 is 0 Å². The molecule has 7 heteroatoms. The molecule has 1 aromatic carbocycles. The summed E-state index contributed by atoms with van der Waals surface area (Å²) < 4.78 is 5.64. The summed E-state index contributed by atoms with van der Waals surface area (Å²) in [5.74, 6) is 2.45. The Balaban J connectivity index is 1.41. The number of pyridine rings is 1. The van der Waals surface area contributed by atoms with Crippen molar-refractivity contribution in [3.8, 4) is 11.4 Å². The molecule has 0 bridgehead atoms. The largest absolute Gasteiger partial charge is 0.461 e. The van der Waals surface area contributed by atoms with E-state index in [4.69, 9.17) is 9.40 Å². The van der Waals surface area contributed by atoms with E-state index in [0.717, 1.165) is 53.2 Å². The highest BCUT2D eigenvalue weighted by molar-refractivity contribution is 5.98. The summed E-state index contributed by atoms with van der Waals surface area (Å²) in [6.07, 6.45) is 5.42. The van der Waals surface area contributed by atoms with Gasteiger partial charge in [0.25, 0.3) is 5.91 Å². The van der Waals surface area contributed by atoms with Crippen LogP contribution in [-0.2, 0) is 0 Å². The lowest BCUT2D eigenvalue weighted by molar-refractivity contribution is 0.0706. The summed E-state index contributed by atoms with van der Waals surface area (Å²) in [7, 11) is 1.85. The molecular formula is C25H25N5O2. The fraction of sp³-hybridized carbons (Fsp3) is 0.280. The van der Waals surface area contributed by atoms with E-state index in [1.165, 1.54) is 0 Å². The van der Waals surface area contributed by atoms with Crippen molar-refractivity contribution in [1.29, 1.82) is 0 Å². The topological polar surface area (TPSA) is 84.2 Å². The molecule has 0 aliphatic carbocycles. The minimum Gasteiger partial charge on any atom is -0.461 e. The van der Waals surface area contributed by atoms with Gasteiger partial charge in [-0.1, -0.05) is 0 Å². The van der Waals surface area contributed by atoms with Gasteiger partial charge in [-0.2, -0.15) is 0 Å². The van der Waals surface area contributed by atoms with Crippen LogP contribution in [0, 0.1) is 6.92 Å². The number of hydrogen-bond donors (Lipinski definition) is 1. The first-order chi connectivity index (χ1) is 15.6. The summed E-state index contributed by atoms with van der Waals surface area (Å²) in [6, 6.07) is 13.4. The molecule has 1 N–H and O–H groups in total. The van der Waals surface area contributed by atoms with Crippen LogP contribution in [0.15, 0.2) is 59.3 Å². The van der Waals surface area contributed by atoms with Crippen molar-refractivity contribution in [3.05, 3.63) is 71.9 Å². The van der Waals surface area contributed by atoms with E-state index in [1.54, 1.807) is 12.4 Å². The Bertz CT molecular complexity index is 1270. The molecule has 0 unspecified atom stereocenters. The SMILES string of the molecule is CNc1cc([C@@H]2CCCN(C(=O)c3ccc4oc(C)cc4c3)C2)nc(-c2cccnc2)n1. The second-order valence-corrected chi connectivity index (χ2v) is 8.19. The second kappa shape index (κ2) is 8.42. The number of rotatable bonds is 4. The minimum atomic E-state index is 0.0471. The number of nitrogens with zero attached hydrogens (tertiary/aromatic N) is 4. The van der Waals surface area contributed by atoms with Crippen LogP contribution in [0.5, 0.6) is 0 Å². The number of nitrogens with one attached hydrogen (secondary N) is 1. The van der Waals surface area contributed by atoms with Crippen molar-refractivity contribution < 1.29 is 9.21 Å². The van der Waals surface area contributed by atoms with Gasteiger partial charge in [0.2, 0.25) is 0 Å². The highest BCUT2D eigenvalue weighted by atomic mass is 16.3. The number of aromatic nitrogens is 3. The van der Waals surface area contributed by atoms with Gasteiger partial charge < -0.3 is 14.6 Å². The van der Waals surface area contributed by atoms with Crippen LogP contribution < -0.4 is 5.32 Å². The molecule has 1 amide bonds. The molecule has 0 spiro atoms. The first kappa shape index (κ1) is 20.2. The van der Waals surface area contributed by atoms with Crippen LogP contribution in [0.2, 0.25) is 0 Å². The molecule has 162 valence electrons. The molecule has 1 aliphatic heterocycles. The van der Waals surface area contributed by atoms with Gasteiger partial charge in [0, 0.05) is 61.0 Å². The summed E-state index contributed by atoms with van der Waals surface area (Å²) in [6.45, 7) is 3.29.